The molecule has 0 saturated carbocycles. The molecule has 3 rings (SSSR count). The lowest BCUT2D eigenvalue weighted by Crippen LogP contribution is -2.49. The lowest BCUT2D eigenvalue weighted by molar-refractivity contribution is -0.190. The van der Waals surface area contributed by atoms with Gasteiger partial charge < -0.3 is 19.1 Å². The molecule has 1 aromatic rings. The first kappa shape index (κ1) is 17.4. The lowest BCUT2D eigenvalue weighted by Gasteiger charge is -2.39. The standard InChI is InChI=1S/C19H27NO4/c1-13-5-6-14(2)16(9-13)17-11-20(15(3)12-24-17)18(21)10-19-22-7-4-8-23-19/h5-6,9,15,17,19H,4,7-8,10-12H2,1-3H3. The first-order valence-corrected chi connectivity index (χ1v) is 8.76. The van der Waals surface area contributed by atoms with Gasteiger partial charge in [-0.1, -0.05) is 23.8 Å². The van der Waals surface area contributed by atoms with Gasteiger partial charge in [0.1, 0.15) is 6.10 Å². The van der Waals surface area contributed by atoms with Crippen molar-refractivity contribution in [1.29, 1.82) is 0 Å². The predicted molar refractivity (Wildman–Crippen MR) is 90.7 cm³/mol. The molecule has 2 saturated heterocycles. The number of carbonyl (C=O) groups is 1. The molecular formula is C19H27NO4. The SMILES string of the molecule is Cc1ccc(C)c(C2CN(C(=O)CC3OCCCO3)C(C)CO2)c1. The van der Waals surface area contributed by atoms with Crippen LogP contribution < -0.4 is 0 Å². The minimum Gasteiger partial charge on any atom is -0.370 e. The number of benzene rings is 1. The Balaban J connectivity index is 1.68. The Morgan fingerprint density at radius 2 is 1.96 bits per heavy atom. The van der Waals surface area contributed by atoms with Crippen LogP contribution in [-0.4, -0.2) is 49.5 Å². The van der Waals surface area contributed by atoms with Crippen molar-refractivity contribution in [1.82, 2.24) is 4.90 Å². The molecular weight excluding hydrogens is 306 g/mol. The first-order valence-electron chi connectivity index (χ1n) is 8.76. The monoisotopic (exact) mass is 333 g/mol. The van der Waals surface area contributed by atoms with E-state index >= 15 is 0 Å². The van der Waals surface area contributed by atoms with Gasteiger partial charge in [-0.15, -0.1) is 0 Å². The molecule has 5 heteroatoms. The van der Waals surface area contributed by atoms with Crippen LogP contribution in [0.2, 0.25) is 0 Å². The molecule has 24 heavy (non-hydrogen) atoms. The Hall–Kier alpha value is -1.43. The van der Waals surface area contributed by atoms with E-state index < -0.39 is 6.29 Å². The number of amides is 1. The van der Waals surface area contributed by atoms with Gasteiger partial charge in [-0.05, 0) is 38.3 Å². The maximum atomic E-state index is 12.7. The summed E-state index contributed by atoms with van der Waals surface area (Å²) >= 11 is 0. The third-order valence-corrected chi connectivity index (χ3v) is 4.77. The summed E-state index contributed by atoms with van der Waals surface area (Å²) in [7, 11) is 0. The molecule has 2 unspecified atom stereocenters. The molecule has 0 radical (unpaired) electrons. The third-order valence-electron chi connectivity index (χ3n) is 4.77. The number of carbonyl (C=O) groups excluding carboxylic acids is 1. The summed E-state index contributed by atoms with van der Waals surface area (Å²) in [6.07, 6.45) is 0.704. The van der Waals surface area contributed by atoms with Crippen LogP contribution in [0.5, 0.6) is 0 Å². The average molecular weight is 333 g/mol. The van der Waals surface area contributed by atoms with E-state index in [1.165, 1.54) is 16.7 Å². The number of hydrogen-bond acceptors (Lipinski definition) is 4. The molecule has 132 valence electrons. The van der Waals surface area contributed by atoms with Gasteiger partial charge in [-0.3, -0.25) is 4.79 Å². The van der Waals surface area contributed by atoms with Gasteiger partial charge in [0.05, 0.1) is 38.8 Å². The zero-order valence-electron chi connectivity index (χ0n) is 14.8. The predicted octanol–water partition coefficient (Wildman–Crippen LogP) is 2.74. The van der Waals surface area contributed by atoms with Crippen molar-refractivity contribution >= 4 is 5.91 Å². The van der Waals surface area contributed by atoms with Crippen molar-refractivity contribution in [2.45, 2.75) is 52.0 Å². The molecule has 2 aliphatic heterocycles. The van der Waals surface area contributed by atoms with E-state index in [0.29, 0.717) is 26.4 Å². The Labute approximate surface area is 143 Å². The molecule has 1 amide bonds. The summed E-state index contributed by atoms with van der Waals surface area (Å²) in [5, 5.41) is 0. The Morgan fingerprint density at radius 3 is 2.71 bits per heavy atom. The van der Waals surface area contributed by atoms with Crippen molar-refractivity contribution in [3.63, 3.8) is 0 Å². The van der Waals surface area contributed by atoms with E-state index in [-0.39, 0.29) is 24.5 Å². The van der Waals surface area contributed by atoms with Crippen LogP contribution in [0.15, 0.2) is 18.2 Å². The van der Waals surface area contributed by atoms with Crippen LogP contribution in [0.25, 0.3) is 0 Å². The maximum absolute atomic E-state index is 12.7. The number of morpholine rings is 1. The first-order chi connectivity index (χ1) is 11.5. The molecule has 0 aromatic heterocycles. The van der Waals surface area contributed by atoms with Crippen molar-refractivity contribution in [3.05, 3.63) is 34.9 Å². The van der Waals surface area contributed by atoms with E-state index in [1.54, 1.807) is 0 Å². The smallest absolute Gasteiger partial charge is 0.228 e. The van der Waals surface area contributed by atoms with Gasteiger partial charge in [0.2, 0.25) is 5.91 Å². The summed E-state index contributed by atoms with van der Waals surface area (Å²) in [4.78, 5) is 14.6. The molecule has 0 bridgehead atoms. The Bertz CT molecular complexity index is 583. The van der Waals surface area contributed by atoms with Crippen LogP contribution in [0, 0.1) is 13.8 Å². The van der Waals surface area contributed by atoms with Crippen LogP contribution in [0.3, 0.4) is 0 Å². The van der Waals surface area contributed by atoms with E-state index in [9.17, 15) is 4.79 Å². The van der Waals surface area contributed by atoms with Crippen molar-refractivity contribution in [2.24, 2.45) is 0 Å². The van der Waals surface area contributed by atoms with Crippen LogP contribution >= 0.6 is 0 Å². The fraction of sp³-hybridized carbons (Fsp3) is 0.632. The average Bonchev–Trinajstić information content (AvgIpc) is 2.58. The van der Waals surface area contributed by atoms with Crippen LogP contribution in [0.4, 0.5) is 0 Å². The number of nitrogens with zero attached hydrogens (tertiary/aromatic N) is 1. The highest BCUT2D eigenvalue weighted by molar-refractivity contribution is 5.77. The van der Waals surface area contributed by atoms with E-state index in [4.69, 9.17) is 14.2 Å². The van der Waals surface area contributed by atoms with Crippen molar-refractivity contribution in [2.75, 3.05) is 26.4 Å². The molecule has 2 aliphatic rings. The number of ether oxygens (including phenoxy) is 3. The normalized spacial score (nSPS) is 25.7. The minimum absolute atomic E-state index is 0.0711. The van der Waals surface area contributed by atoms with Gasteiger partial charge in [0, 0.05) is 0 Å². The summed E-state index contributed by atoms with van der Waals surface area (Å²) in [6, 6.07) is 6.45. The largest absolute Gasteiger partial charge is 0.370 e. The van der Waals surface area contributed by atoms with Crippen LogP contribution in [0.1, 0.15) is 42.6 Å². The molecule has 5 nitrogen and oxygen atoms in total. The quantitative estimate of drug-likeness (QED) is 0.853. The van der Waals surface area contributed by atoms with Gasteiger partial charge >= 0.3 is 0 Å². The topological polar surface area (TPSA) is 48.0 Å². The van der Waals surface area contributed by atoms with E-state index in [0.717, 1.165) is 6.42 Å². The van der Waals surface area contributed by atoms with E-state index in [1.807, 2.05) is 11.8 Å². The second kappa shape index (κ2) is 7.64. The summed E-state index contributed by atoms with van der Waals surface area (Å²) in [6.45, 7) is 8.66. The zero-order valence-corrected chi connectivity index (χ0v) is 14.8. The summed E-state index contributed by atoms with van der Waals surface area (Å²) < 4.78 is 17.1. The Morgan fingerprint density at radius 1 is 1.21 bits per heavy atom. The van der Waals surface area contributed by atoms with Crippen molar-refractivity contribution < 1.29 is 19.0 Å². The van der Waals surface area contributed by atoms with Gasteiger partial charge in [-0.25, -0.2) is 0 Å². The minimum atomic E-state index is -0.402. The number of hydrogen-bond donors (Lipinski definition) is 0. The number of aryl methyl sites for hydroxylation is 2. The van der Waals surface area contributed by atoms with E-state index in [2.05, 4.69) is 32.0 Å². The fourth-order valence-electron chi connectivity index (χ4n) is 3.31. The second-order valence-corrected chi connectivity index (χ2v) is 6.81. The summed E-state index contributed by atoms with van der Waals surface area (Å²) in [5.74, 6) is 0.0769. The molecule has 0 N–H and O–H groups in total. The van der Waals surface area contributed by atoms with Gasteiger partial charge in [0.25, 0.3) is 0 Å². The molecule has 0 aliphatic carbocycles. The second-order valence-electron chi connectivity index (χ2n) is 6.81. The molecule has 1 aromatic carbocycles. The zero-order chi connectivity index (χ0) is 17.1. The highest BCUT2D eigenvalue weighted by atomic mass is 16.7. The molecule has 0 spiro atoms. The van der Waals surface area contributed by atoms with Crippen LogP contribution in [-0.2, 0) is 19.0 Å². The number of rotatable bonds is 3. The lowest BCUT2D eigenvalue weighted by atomic mass is 9.98. The highest BCUT2D eigenvalue weighted by Crippen LogP contribution is 2.28. The maximum Gasteiger partial charge on any atom is 0.228 e. The van der Waals surface area contributed by atoms with Gasteiger partial charge in [-0.2, -0.15) is 0 Å². The van der Waals surface area contributed by atoms with Crippen molar-refractivity contribution in [3.8, 4) is 0 Å². The fourth-order valence-corrected chi connectivity index (χ4v) is 3.31. The molecule has 2 fully saturated rings. The third kappa shape index (κ3) is 3.97. The highest BCUT2D eigenvalue weighted by Gasteiger charge is 2.32. The Kier molecular flexibility index (Phi) is 5.54. The molecule has 2 atom stereocenters. The summed E-state index contributed by atoms with van der Waals surface area (Å²) in [5.41, 5.74) is 3.58. The van der Waals surface area contributed by atoms with Gasteiger partial charge in [0.15, 0.2) is 6.29 Å². The molecule has 2 heterocycles.